The molecule has 0 bridgehead atoms. The minimum atomic E-state index is 0.435. The summed E-state index contributed by atoms with van der Waals surface area (Å²) in [4.78, 5) is 0. The highest BCUT2D eigenvalue weighted by Crippen LogP contribution is 2.08. The summed E-state index contributed by atoms with van der Waals surface area (Å²) in [6.45, 7) is 4.07. The van der Waals surface area contributed by atoms with E-state index in [1.807, 2.05) is 12.2 Å². The molecule has 1 nitrogen and oxygen atoms in total. The second-order valence-corrected chi connectivity index (χ2v) is 2.09. The maximum atomic E-state index is 5.07. The van der Waals surface area contributed by atoms with E-state index in [9.17, 15) is 0 Å². The van der Waals surface area contributed by atoms with Gasteiger partial charge in [0.05, 0.1) is 6.61 Å². The van der Waals surface area contributed by atoms with E-state index in [-0.39, 0.29) is 0 Å². The van der Waals surface area contributed by atoms with Crippen LogP contribution in [0.25, 0.3) is 0 Å². The second kappa shape index (κ2) is 3.76. The highest BCUT2D eigenvalue weighted by atomic mass is 16.5. The molecule has 0 aliphatic heterocycles. The topological polar surface area (TPSA) is 9.23 Å². The molecule has 0 radical (unpaired) electrons. The van der Waals surface area contributed by atoms with Crippen molar-refractivity contribution in [3.05, 3.63) is 42.9 Å². The van der Waals surface area contributed by atoms with Gasteiger partial charge in [-0.25, -0.2) is 0 Å². The molecule has 0 aromatic rings. The van der Waals surface area contributed by atoms with Gasteiger partial charge in [0.1, 0.15) is 6.26 Å². The average Bonchev–Trinajstić information content (AvgIpc) is 2.41. The molecule has 0 heterocycles. The van der Waals surface area contributed by atoms with Gasteiger partial charge in [0.25, 0.3) is 0 Å². The van der Waals surface area contributed by atoms with Crippen LogP contribution in [0.5, 0.6) is 0 Å². The van der Waals surface area contributed by atoms with Gasteiger partial charge in [-0.3, -0.25) is 0 Å². The lowest BCUT2D eigenvalue weighted by atomic mass is 10.2. The molecular weight excluding hydrogens is 124 g/mol. The van der Waals surface area contributed by atoms with Gasteiger partial charge in [-0.2, -0.15) is 0 Å². The maximum absolute atomic E-state index is 5.07. The highest BCUT2D eigenvalue weighted by Gasteiger charge is 2.01. The van der Waals surface area contributed by atoms with Crippen molar-refractivity contribution in [1.29, 1.82) is 0 Å². The molecule has 0 N–H and O–H groups in total. The Hall–Kier alpha value is -1.20. The largest absolute Gasteiger partial charge is 0.492 e. The van der Waals surface area contributed by atoms with Gasteiger partial charge in [0, 0.05) is 5.92 Å². The van der Waals surface area contributed by atoms with E-state index >= 15 is 0 Å². The number of rotatable bonds is 3. The quantitative estimate of drug-likeness (QED) is 0.424. The summed E-state index contributed by atoms with van der Waals surface area (Å²) < 4.78 is 5.07. The van der Waals surface area contributed by atoms with Crippen molar-refractivity contribution in [1.82, 2.24) is 0 Å². The average molecular weight is 134 g/mol. The summed E-state index contributed by atoms with van der Waals surface area (Å²) in [7, 11) is 0. The molecule has 0 atom stereocenters. The Bertz CT molecular complexity index is 183. The van der Waals surface area contributed by atoms with Crippen LogP contribution in [0.2, 0.25) is 0 Å². The Balaban J connectivity index is 2.20. The molecule has 0 spiro atoms. The molecule has 52 valence electrons. The molecule has 1 heteroatoms. The van der Waals surface area contributed by atoms with Crippen LogP contribution in [0.4, 0.5) is 0 Å². The van der Waals surface area contributed by atoms with Crippen molar-refractivity contribution in [3.63, 3.8) is 0 Å². The first kappa shape index (κ1) is 6.91. The number of allylic oxidation sites excluding steroid dienone is 2. The zero-order chi connectivity index (χ0) is 7.23. The summed E-state index contributed by atoms with van der Waals surface area (Å²) in [5.41, 5.74) is 2.55. The minimum Gasteiger partial charge on any atom is -0.492 e. The lowest BCUT2D eigenvalue weighted by Crippen LogP contribution is -1.97. The Labute approximate surface area is 61.0 Å². The van der Waals surface area contributed by atoms with Crippen molar-refractivity contribution in [2.45, 2.75) is 0 Å². The van der Waals surface area contributed by atoms with Crippen LogP contribution in [0.1, 0.15) is 0 Å². The third-order valence-electron chi connectivity index (χ3n) is 1.28. The predicted octanol–water partition coefficient (Wildman–Crippen LogP) is 2.04. The van der Waals surface area contributed by atoms with Crippen LogP contribution in [0.15, 0.2) is 42.9 Å². The van der Waals surface area contributed by atoms with Crippen LogP contribution in [0, 0.1) is 5.92 Å². The number of hydrogen-bond acceptors (Lipinski definition) is 1. The highest BCUT2D eigenvalue weighted by molar-refractivity contribution is 5.17. The summed E-state index contributed by atoms with van der Waals surface area (Å²) in [5, 5.41) is 0. The van der Waals surface area contributed by atoms with Crippen LogP contribution >= 0.6 is 0 Å². The van der Waals surface area contributed by atoms with Crippen LogP contribution in [-0.4, -0.2) is 6.61 Å². The van der Waals surface area contributed by atoms with Crippen molar-refractivity contribution in [3.8, 4) is 0 Å². The molecule has 0 unspecified atom stereocenters. The fraction of sp³-hybridized carbons (Fsp3) is 0.222. The van der Waals surface area contributed by atoms with E-state index in [1.165, 1.54) is 6.26 Å². The molecule has 10 heavy (non-hydrogen) atoms. The molecule has 1 aliphatic rings. The maximum Gasteiger partial charge on any atom is 0.124 e. The van der Waals surface area contributed by atoms with Gasteiger partial charge in [0.15, 0.2) is 0 Å². The molecule has 1 aliphatic carbocycles. The second-order valence-electron chi connectivity index (χ2n) is 2.09. The van der Waals surface area contributed by atoms with E-state index in [1.54, 1.807) is 0 Å². The molecule has 1 rings (SSSR count). The molecular formula is C9H10O. The van der Waals surface area contributed by atoms with Gasteiger partial charge in [-0.05, 0) is 0 Å². The van der Waals surface area contributed by atoms with Crippen LogP contribution in [-0.2, 0) is 4.74 Å². The van der Waals surface area contributed by atoms with Crippen molar-refractivity contribution in [2.24, 2.45) is 5.92 Å². The van der Waals surface area contributed by atoms with Crippen molar-refractivity contribution in [2.75, 3.05) is 6.61 Å². The Morgan fingerprint density at radius 1 is 1.50 bits per heavy atom. The zero-order valence-electron chi connectivity index (χ0n) is 5.79. The van der Waals surface area contributed by atoms with E-state index in [4.69, 9.17) is 4.74 Å². The van der Waals surface area contributed by atoms with Gasteiger partial charge in [-0.1, -0.05) is 36.6 Å². The van der Waals surface area contributed by atoms with E-state index < -0.39 is 0 Å². The number of ether oxygens (including phenoxy) is 1. The van der Waals surface area contributed by atoms with Gasteiger partial charge < -0.3 is 4.74 Å². The molecule has 0 fully saturated rings. The van der Waals surface area contributed by atoms with Crippen LogP contribution in [0.3, 0.4) is 0 Å². The fourth-order valence-corrected chi connectivity index (χ4v) is 0.807. The third-order valence-corrected chi connectivity index (χ3v) is 1.28. The summed E-state index contributed by atoms with van der Waals surface area (Å²) >= 11 is 0. The SMILES string of the molecule is C=C=COCC1C=CC=C1. The van der Waals surface area contributed by atoms with E-state index in [2.05, 4.69) is 24.5 Å². The van der Waals surface area contributed by atoms with Gasteiger partial charge >= 0.3 is 0 Å². The fourth-order valence-electron chi connectivity index (χ4n) is 0.807. The van der Waals surface area contributed by atoms with Gasteiger partial charge in [-0.15, -0.1) is 0 Å². The van der Waals surface area contributed by atoms with Crippen LogP contribution < -0.4 is 0 Å². The molecule has 0 saturated carbocycles. The first-order valence-electron chi connectivity index (χ1n) is 3.24. The van der Waals surface area contributed by atoms with E-state index in [0.717, 1.165) is 0 Å². The smallest absolute Gasteiger partial charge is 0.124 e. The monoisotopic (exact) mass is 134 g/mol. The molecule has 0 saturated heterocycles. The Morgan fingerprint density at radius 3 is 2.80 bits per heavy atom. The van der Waals surface area contributed by atoms with Crippen molar-refractivity contribution >= 4 is 0 Å². The normalized spacial score (nSPS) is 15.2. The molecule has 0 amide bonds. The Morgan fingerprint density at radius 2 is 2.20 bits per heavy atom. The summed E-state index contributed by atoms with van der Waals surface area (Å²) in [6.07, 6.45) is 9.71. The molecule has 0 aromatic heterocycles. The lowest BCUT2D eigenvalue weighted by molar-refractivity contribution is 0.234. The number of hydrogen-bond donors (Lipinski definition) is 0. The third kappa shape index (κ3) is 1.96. The van der Waals surface area contributed by atoms with E-state index in [0.29, 0.717) is 12.5 Å². The zero-order valence-corrected chi connectivity index (χ0v) is 5.79. The molecule has 0 aromatic carbocycles. The minimum absolute atomic E-state index is 0.435. The lowest BCUT2D eigenvalue weighted by Gasteiger charge is -2.01. The first-order chi connectivity index (χ1) is 4.93. The first-order valence-corrected chi connectivity index (χ1v) is 3.24. The van der Waals surface area contributed by atoms with Gasteiger partial charge in [0.2, 0.25) is 0 Å². The Kier molecular flexibility index (Phi) is 2.60. The standard InChI is InChI=1S/C9H10O/c1-2-7-10-8-9-5-3-4-6-9/h3-7,9H,1,8H2. The van der Waals surface area contributed by atoms with Crippen molar-refractivity contribution < 1.29 is 4.74 Å². The summed E-state index contributed by atoms with van der Waals surface area (Å²) in [6, 6.07) is 0. The summed E-state index contributed by atoms with van der Waals surface area (Å²) in [5.74, 6) is 0.435. The predicted molar refractivity (Wildman–Crippen MR) is 41.4 cm³/mol.